The van der Waals surface area contributed by atoms with Crippen LogP contribution in [0.4, 0.5) is 0 Å². The Kier molecular flexibility index (Phi) is 5.64. The van der Waals surface area contributed by atoms with E-state index in [0.29, 0.717) is 24.4 Å². The summed E-state index contributed by atoms with van der Waals surface area (Å²) >= 11 is 0. The van der Waals surface area contributed by atoms with Crippen LogP contribution < -0.4 is 5.32 Å². The number of piperidine rings is 1. The Bertz CT molecular complexity index is 279. The maximum atomic E-state index is 12.1. The summed E-state index contributed by atoms with van der Waals surface area (Å²) in [5.41, 5.74) is 0. The number of carbonyl (C=O) groups excluding carboxylic acids is 1. The lowest BCUT2D eigenvalue weighted by Crippen LogP contribution is -2.47. The molecule has 0 aromatic rings. The van der Waals surface area contributed by atoms with E-state index < -0.39 is 0 Å². The SMILES string of the molecule is CCN(CC)C1CCN(C(=O)CCNC2CC2)CC1. The van der Waals surface area contributed by atoms with Crippen molar-refractivity contribution in [3.8, 4) is 0 Å². The molecule has 2 fully saturated rings. The first-order chi connectivity index (χ1) is 9.24. The summed E-state index contributed by atoms with van der Waals surface area (Å²) in [5.74, 6) is 0.339. The predicted octanol–water partition coefficient (Wildman–Crippen LogP) is 1.46. The fourth-order valence-corrected chi connectivity index (χ4v) is 3.05. The number of hydrogen-bond acceptors (Lipinski definition) is 3. The van der Waals surface area contributed by atoms with Gasteiger partial charge in [0.15, 0.2) is 0 Å². The molecule has 1 N–H and O–H groups in total. The average Bonchev–Trinajstić information content (AvgIpc) is 3.25. The summed E-state index contributed by atoms with van der Waals surface area (Å²) in [6, 6.07) is 1.39. The van der Waals surface area contributed by atoms with E-state index in [-0.39, 0.29) is 0 Å². The Morgan fingerprint density at radius 3 is 2.32 bits per heavy atom. The Balaban J connectivity index is 1.65. The summed E-state index contributed by atoms with van der Waals surface area (Å²) in [7, 11) is 0. The van der Waals surface area contributed by atoms with Crippen LogP contribution in [-0.4, -0.2) is 60.5 Å². The third-order valence-electron chi connectivity index (χ3n) is 4.50. The predicted molar refractivity (Wildman–Crippen MR) is 78.2 cm³/mol. The summed E-state index contributed by atoms with van der Waals surface area (Å²) in [6.45, 7) is 9.46. The number of likely N-dealkylation sites (tertiary alicyclic amines) is 1. The van der Waals surface area contributed by atoms with Gasteiger partial charge < -0.3 is 15.1 Å². The highest BCUT2D eigenvalue weighted by Crippen LogP contribution is 2.19. The van der Waals surface area contributed by atoms with Gasteiger partial charge in [0.05, 0.1) is 0 Å². The second-order valence-electron chi connectivity index (χ2n) is 5.81. The standard InChI is InChI=1S/C15H29N3O/c1-3-17(4-2)14-8-11-18(12-9-14)15(19)7-10-16-13-5-6-13/h13-14,16H,3-12H2,1-2H3. The quantitative estimate of drug-likeness (QED) is 0.758. The van der Waals surface area contributed by atoms with Gasteiger partial charge in [0.1, 0.15) is 0 Å². The van der Waals surface area contributed by atoms with Gasteiger partial charge in [0, 0.05) is 38.1 Å². The number of rotatable bonds is 7. The highest BCUT2D eigenvalue weighted by Gasteiger charge is 2.26. The second-order valence-corrected chi connectivity index (χ2v) is 5.81. The van der Waals surface area contributed by atoms with E-state index in [1.165, 1.54) is 12.8 Å². The Morgan fingerprint density at radius 2 is 1.79 bits per heavy atom. The molecule has 2 aliphatic rings. The molecule has 0 bridgehead atoms. The molecule has 19 heavy (non-hydrogen) atoms. The fourth-order valence-electron chi connectivity index (χ4n) is 3.05. The van der Waals surface area contributed by atoms with Crippen molar-refractivity contribution in [1.82, 2.24) is 15.1 Å². The molecular formula is C15H29N3O. The van der Waals surface area contributed by atoms with E-state index in [4.69, 9.17) is 0 Å². The van der Waals surface area contributed by atoms with E-state index in [2.05, 4.69) is 29.0 Å². The average molecular weight is 267 g/mol. The second kappa shape index (κ2) is 7.25. The number of nitrogens with one attached hydrogen (secondary N) is 1. The van der Waals surface area contributed by atoms with Crippen molar-refractivity contribution in [1.29, 1.82) is 0 Å². The summed E-state index contributed by atoms with van der Waals surface area (Å²) in [4.78, 5) is 16.7. The van der Waals surface area contributed by atoms with Gasteiger partial charge in [-0.2, -0.15) is 0 Å². The number of amides is 1. The maximum absolute atomic E-state index is 12.1. The molecule has 110 valence electrons. The zero-order chi connectivity index (χ0) is 13.7. The van der Waals surface area contributed by atoms with Crippen LogP contribution in [0, 0.1) is 0 Å². The highest BCUT2D eigenvalue weighted by molar-refractivity contribution is 5.76. The van der Waals surface area contributed by atoms with Gasteiger partial charge in [-0.05, 0) is 38.8 Å². The van der Waals surface area contributed by atoms with E-state index in [1.807, 2.05) is 0 Å². The van der Waals surface area contributed by atoms with Crippen LogP contribution in [0.5, 0.6) is 0 Å². The Labute approximate surface area is 117 Å². The molecule has 0 radical (unpaired) electrons. The van der Waals surface area contributed by atoms with Crippen molar-refractivity contribution in [2.24, 2.45) is 0 Å². The zero-order valence-electron chi connectivity index (χ0n) is 12.5. The molecule has 0 atom stereocenters. The third-order valence-corrected chi connectivity index (χ3v) is 4.50. The van der Waals surface area contributed by atoms with Gasteiger partial charge in [0.25, 0.3) is 0 Å². The van der Waals surface area contributed by atoms with Gasteiger partial charge in [0.2, 0.25) is 5.91 Å². The third kappa shape index (κ3) is 4.46. The monoisotopic (exact) mass is 267 g/mol. The zero-order valence-corrected chi connectivity index (χ0v) is 12.5. The Morgan fingerprint density at radius 1 is 1.16 bits per heavy atom. The van der Waals surface area contributed by atoms with E-state index in [9.17, 15) is 4.79 Å². The smallest absolute Gasteiger partial charge is 0.223 e. The summed E-state index contributed by atoms with van der Waals surface area (Å²) in [5, 5.41) is 3.42. The van der Waals surface area contributed by atoms with E-state index in [0.717, 1.165) is 45.6 Å². The van der Waals surface area contributed by atoms with Crippen LogP contribution >= 0.6 is 0 Å². The largest absolute Gasteiger partial charge is 0.343 e. The van der Waals surface area contributed by atoms with Crippen LogP contribution in [0.1, 0.15) is 46.0 Å². The first-order valence-electron chi connectivity index (χ1n) is 7.99. The molecule has 4 heteroatoms. The topological polar surface area (TPSA) is 35.6 Å². The minimum atomic E-state index is 0.339. The van der Waals surface area contributed by atoms with E-state index >= 15 is 0 Å². The van der Waals surface area contributed by atoms with Crippen LogP contribution in [0.3, 0.4) is 0 Å². The first kappa shape index (κ1) is 14.8. The molecule has 0 spiro atoms. The van der Waals surface area contributed by atoms with Gasteiger partial charge in [-0.15, -0.1) is 0 Å². The minimum Gasteiger partial charge on any atom is -0.343 e. The molecule has 1 heterocycles. The van der Waals surface area contributed by atoms with Crippen LogP contribution in [0.2, 0.25) is 0 Å². The van der Waals surface area contributed by atoms with Gasteiger partial charge in [-0.3, -0.25) is 4.79 Å². The number of carbonyl (C=O) groups is 1. The van der Waals surface area contributed by atoms with Crippen LogP contribution in [0.25, 0.3) is 0 Å². The van der Waals surface area contributed by atoms with Gasteiger partial charge >= 0.3 is 0 Å². The molecule has 1 saturated heterocycles. The van der Waals surface area contributed by atoms with Crippen LogP contribution in [0.15, 0.2) is 0 Å². The van der Waals surface area contributed by atoms with Crippen molar-refractivity contribution in [2.75, 3.05) is 32.7 Å². The van der Waals surface area contributed by atoms with Crippen molar-refractivity contribution in [3.63, 3.8) is 0 Å². The maximum Gasteiger partial charge on any atom is 0.223 e. The molecule has 1 aliphatic heterocycles. The molecule has 0 aromatic carbocycles. The lowest BCUT2D eigenvalue weighted by molar-refractivity contribution is -0.132. The van der Waals surface area contributed by atoms with Gasteiger partial charge in [-0.1, -0.05) is 13.8 Å². The molecule has 1 amide bonds. The van der Waals surface area contributed by atoms with Crippen molar-refractivity contribution >= 4 is 5.91 Å². The summed E-state index contributed by atoms with van der Waals surface area (Å²) in [6.07, 6.45) is 5.55. The summed E-state index contributed by atoms with van der Waals surface area (Å²) < 4.78 is 0. The molecule has 0 unspecified atom stereocenters. The molecule has 2 rings (SSSR count). The molecule has 1 saturated carbocycles. The fraction of sp³-hybridized carbons (Fsp3) is 0.933. The minimum absolute atomic E-state index is 0.339. The number of hydrogen-bond donors (Lipinski definition) is 1. The lowest BCUT2D eigenvalue weighted by atomic mass is 10.0. The molecule has 0 aromatic heterocycles. The van der Waals surface area contributed by atoms with Crippen LogP contribution in [-0.2, 0) is 4.79 Å². The molecule has 4 nitrogen and oxygen atoms in total. The van der Waals surface area contributed by atoms with Crippen molar-refractivity contribution in [3.05, 3.63) is 0 Å². The molecular weight excluding hydrogens is 238 g/mol. The normalized spacial score (nSPS) is 21.1. The highest BCUT2D eigenvalue weighted by atomic mass is 16.2. The lowest BCUT2D eigenvalue weighted by Gasteiger charge is -2.37. The van der Waals surface area contributed by atoms with E-state index in [1.54, 1.807) is 0 Å². The first-order valence-corrected chi connectivity index (χ1v) is 7.99. The molecule has 1 aliphatic carbocycles. The van der Waals surface area contributed by atoms with Crippen molar-refractivity contribution in [2.45, 2.75) is 58.0 Å². The van der Waals surface area contributed by atoms with Crippen molar-refractivity contribution < 1.29 is 4.79 Å². The Hall–Kier alpha value is -0.610. The number of nitrogens with zero attached hydrogens (tertiary/aromatic N) is 2. The van der Waals surface area contributed by atoms with Gasteiger partial charge in [-0.25, -0.2) is 0 Å².